The van der Waals surface area contributed by atoms with E-state index in [1.807, 2.05) is 13.8 Å². The number of ether oxygens (including phenoxy) is 1. The summed E-state index contributed by atoms with van der Waals surface area (Å²) in [5.74, 6) is 0.602. The summed E-state index contributed by atoms with van der Waals surface area (Å²) in [7, 11) is -0.418. The zero-order valence-electron chi connectivity index (χ0n) is 18.4. The average molecular weight is 442 g/mol. The number of rotatable bonds is 9. The second-order valence-electron chi connectivity index (χ2n) is 7.87. The molecule has 1 heterocycles. The number of hydrogen-bond acceptors (Lipinski definition) is 6. The second-order valence-corrected chi connectivity index (χ2v) is 10.0. The lowest BCUT2D eigenvalue weighted by Crippen LogP contribution is -2.52. The van der Waals surface area contributed by atoms with Crippen molar-refractivity contribution >= 4 is 16.0 Å². The van der Waals surface area contributed by atoms with Gasteiger partial charge in [-0.1, -0.05) is 12.1 Å². The molecule has 0 aromatic heterocycles. The van der Waals surface area contributed by atoms with Gasteiger partial charge in [0.05, 0.1) is 30.3 Å². The number of nitrogens with zero attached hydrogens (tertiary/aromatic N) is 3. The van der Waals surface area contributed by atoms with Crippen LogP contribution in [0.15, 0.2) is 34.2 Å². The fraction of sp³-hybridized carbons (Fsp3) is 0.650. The van der Waals surface area contributed by atoms with Crippen molar-refractivity contribution in [3.8, 4) is 0 Å². The van der Waals surface area contributed by atoms with Crippen LogP contribution in [0.2, 0.25) is 0 Å². The largest absolute Gasteiger partial charge is 0.387 e. The zero-order chi connectivity index (χ0) is 22.2. The van der Waals surface area contributed by atoms with E-state index in [0.717, 1.165) is 18.7 Å². The van der Waals surface area contributed by atoms with E-state index in [0.29, 0.717) is 45.4 Å². The molecule has 1 aromatic rings. The van der Waals surface area contributed by atoms with E-state index < -0.39 is 15.6 Å². The van der Waals surface area contributed by atoms with Crippen LogP contribution in [0.5, 0.6) is 0 Å². The molecule has 0 aliphatic carbocycles. The molecule has 9 nitrogen and oxygen atoms in total. The number of β-amino-alcohol motifs (C(OH)–C–C–N with tert-alkyl or cyclic N) is 1. The second kappa shape index (κ2) is 11.1. The topological polar surface area (TPSA) is 106 Å². The molecule has 1 fully saturated rings. The molecule has 10 heteroatoms. The highest BCUT2D eigenvalue weighted by molar-refractivity contribution is 7.89. The summed E-state index contributed by atoms with van der Waals surface area (Å²) in [6, 6.07) is 6.71. The Bertz CT molecular complexity index is 788. The van der Waals surface area contributed by atoms with E-state index >= 15 is 0 Å². The van der Waals surface area contributed by atoms with Crippen molar-refractivity contribution in [2.45, 2.75) is 30.9 Å². The summed E-state index contributed by atoms with van der Waals surface area (Å²) in [5.41, 5.74) is -0.0135. The van der Waals surface area contributed by atoms with Gasteiger partial charge in [0.1, 0.15) is 0 Å². The summed E-state index contributed by atoms with van der Waals surface area (Å²) in [6.45, 7) is 8.83. The maximum absolute atomic E-state index is 12.2. The molecule has 1 aliphatic rings. The van der Waals surface area contributed by atoms with Crippen LogP contribution in [-0.2, 0) is 21.3 Å². The minimum absolute atomic E-state index is 0.254. The van der Waals surface area contributed by atoms with E-state index in [1.54, 1.807) is 24.3 Å². The highest BCUT2D eigenvalue weighted by Gasteiger charge is 2.25. The predicted octanol–water partition coefficient (Wildman–Crippen LogP) is 0.0752. The van der Waals surface area contributed by atoms with Gasteiger partial charge in [-0.25, -0.2) is 17.7 Å². The van der Waals surface area contributed by atoms with Crippen molar-refractivity contribution in [1.82, 2.24) is 19.8 Å². The minimum Gasteiger partial charge on any atom is -0.387 e. The lowest BCUT2D eigenvalue weighted by molar-refractivity contribution is -0.0201. The SMILES string of the molecule is CCNC(=NCc1ccc(S(=O)(=O)N(C)C)cc1)NCC(C)(O)CN1CCOCC1. The van der Waals surface area contributed by atoms with Gasteiger partial charge < -0.3 is 20.5 Å². The molecular weight excluding hydrogens is 406 g/mol. The molecule has 0 bridgehead atoms. The lowest BCUT2D eigenvalue weighted by atomic mass is 10.1. The molecule has 0 radical (unpaired) electrons. The Kier molecular flexibility index (Phi) is 9.05. The van der Waals surface area contributed by atoms with Gasteiger partial charge in [-0.2, -0.15) is 0 Å². The van der Waals surface area contributed by atoms with Crippen LogP contribution in [-0.4, -0.2) is 94.3 Å². The normalized spacial score (nSPS) is 18.3. The summed E-state index contributed by atoms with van der Waals surface area (Å²) in [4.78, 5) is 7.00. The van der Waals surface area contributed by atoms with Crippen LogP contribution < -0.4 is 10.6 Å². The molecule has 170 valence electrons. The van der Waals surface area contributed by atoms with Gasteiger partial charge in [0.2, 0.25) is 10.0 Å². The fourth-order valence-electron chi connectivity index (χ4n) is 3.06. The maximum atomic E-state index is 12.2. The van der Waals surface area contributed by atoms with E-state index in [-0.39, 0.29) is 4.90 Å². The Morgan fingerprint density at radius 3 is 2.43 bits per heavy atom. The van der Waals surface area contributed by atoms with Gasteiger partial charge in [-0.15, -0.1) is 0 Å². The molecule has 0 saturated carbocycles. The molecule has 1 aliphatic heterocycles. The first-order chi connectivity index (χ1) is 14.1. The number of guanidine groups is 1. The van der Waals surface area contributed by atoms with E-state index in [2.05, 4.69) is 20.5 Å². The van der Waals surface area contributed by atoms with Crippen molar-refractivity contribution < 1.29 is 18.3 Å². The molecule has 0 spiro atoms. The number of aliphatic imine (C=N–C) groups is 1. The molecule has 1 unspecified atom stereocenters. The Labute approximate surface area is 180 Å². The molecule has 0 amide bonds. The highest BCUT2D eigenvalue weighted by Crippen LogP contribution is 2.14. The third-order valence-electron chi connectivity index (χ3n) is 4.77. The van der Waals surface area contributed by atoms with Gasteiger partial charge in [0, 0.05) is 46.8 Å². The van der Waals surface area contributed by atoms with Crippen LogP contribution >= 0.6 is 0 Å². The van der Waals surface area contributed by atoms with Crippen LogP contribution in [0.3, 0.4) is 0 Å². The molecule has 1 saturated heterocycles. The summed E-state index contributed by atoms with van der Waals surface area (Å²) >= 11 is 0. The van der Waals surface area contributed by atoms with Gasteiger partial charge in [0.25, 0.3) is 0 Å². The van der Waals surface area contributed by atoms with Crippen LogP contribution in [0, 0.1) is 0 Å². The predicted molar refractivity (Wildman–Crippen MR) is 118 cm³/mol. The highest BCUT2D eigenvalue weighted by atomic mass is 32.2. The smallest absolute Gasteiger partial charge is 0.242 e. The zero-order valence-corrected chi connectivity index (χ0v) is 19.2. The first kappa shape index (κ1) is 24.5. The number of sulfonamides is 1. The summed E-state index contributed by atoms with van der Waals surface area (Å²) in [5, 5.41) is 17.1. The van der Waals surface area contributed by atoms with E-state index in [4.69, 9.17) is 4.74 Å². The quantitative estimate of drug-likeness (QED) is 0.368. The van der Waals surface area contributed by atoms with Crippen LogP contribution in [0.1, 0.15) is 19.4 Å². The van der Waals surface area contributed by atoms with Gasteiger partial charge in [-0.05, 0) is 31.5 Å². The number of benzene rings is 1. The van der Waals surface area contributed by atoms with Crippen molar-refractivity contribution in [2.24, 2.45) is 4.99 Å². The Balaban J connectivity index is 1.95. The summed E-state index contributed by atoms with van der Waals surface area (Å²) < 4.78 is 30.9. The van der Waals surface area contributed by atoms with Crippen molar-refractivity contribution in [3.63, 3.8) is 0 Å². The van der Waals surface area contributed by atoms with Crippen LogP contribution in [0.4, 0.5) is 0 Å². The van der Waals surface area contributed by atoms with E-state index in [1.165, 1.54) is 18.4 Å². The fourth-order valence-corrected chi connectivity index (χ4v) is 3.96. The maximum Gasteiger partial charge on any atom is 0.242 e. The molecule has 2 rings (SSSR count). The lowest BCUT2D eigenvalue weighted by Gasteiger charge is -2.34. The first-order valence-corrected chi connectivity index (χ1v) is 11.6. The Morgan fingerprint density at radius 1 is 1.23 bits per heavy atom. The summed E-state index contributed by atoms with van der Waals surface area (Å²) in [6.07, 6.45) is 0. The monoisotopic (exact) mass is 441 g/mol. The first-order valence-electron chi connectivity index (χ1n) is 10.2. The molecule has 1 aromatic carbocycles. The molecule has 3 N–H and O–H groups in total. The number of aliphatic hydroxyl groups is 1. The number of morpholine rings is 1. The van der Waals surface area contributed by atoms with Gasteiger partial charge in [0.15, 0.2) is 5.96 Å². The van der Waals surface area contributed by atoms with Crippen molar-refractivity contribution in [2.75, 3.05) is 60.0 Å². The number of hydrogen-bond donors (Lipinski definition) is 3. The molecule has 1 atom stereocenters. The average Bonchev–Trinajstić information content (AvgIpc) is 2.70. The Morgan fingerprint density at radius 2 is 1.87 bits per heavy atom. The third kappa shape index (κ3) is 7.51. The van der Waals surface area contributed by atoms with E-state index in [9.17, 15) is 13.5 Å². The molecular formula is C20H35N5O4S. The van der Waals surface area contributed by atoms with Crippen molar-refractivity contribution in [1.29, 1.82) is 0 Å². The number of nitrogens with one attached hydrogen (secondary N) is 2. The van der Waals surface area contributed by atoms with Crippen molar-refractivity contribution in [3.05, 3.63) is 29.8 Å². The minimum atomic E-state index is -3.44. The van der Waals surface area contributed by atoms with Gasteiger partial charge >= 0.3 is 0 Å². The molecule has 30 heavy (non-hydrogen) atoms. The Hall–Kier alpha value is -1.72. The standard InChI is InChI=1S/C20H35N5O4S/c1-5-21-19(23-15-20(2,26)16-25-10-12-29-13-11-25)22-14-17-6-8-18(9-7-17)30(27,28)24(3)4/h6-9,26H,5,10-16H2,1-4H3,(H2,21,22,23). The van der Waals surface area contributed by atoms with Gasteiger partial charge in [-0.3, -0.25) is 4.90 Å². The third-order valence-corrected chi connectivity index (χ3v) is 6.60. The van der Waals surface area contributed by atoms with Crippen LogP contribution in [0.25, 0.3) is 0 Å².